The lowest BCUT2D eigenvalue weighted by atomic mass is 9.83. The molecule has 0 aliphatic carbocycles. The molecule has 2 atom stereocenters. The molecule has 0 fully saturated rings. The van der Waals surface area contributed by atoms with Gasteiger partial charge in [0.15, 0.2) is 11.5 Å². The van der Waals surface area contributed by atoms with Crippen molar-refractivity contribution in [2.45, 2.75) is 12.0 Å². The van der Waals surface area contributed by atoms with Gasteiger partial charge < -0.3 is 19.8 Å². The number of hydrogen-bond acceptors (Lipinski definition) is 3. The maximum absolute atomic E-state index is 6.60. The van der Waals surface area contributed by atoms with Crippen LogP contribution in [0.3, 0.4) is 0 Å². The van der Waals surface area contributed by atoms with E-state index >= 15 is 0 Å². The lowest BCUT2D eigenvalue weighted by Crippen LogP contribution is -2.34. The standard InChI is InChI=1S/C25H23ClN2O2/c1-29-21-12-11-15(13-22(21)30-2)24-25-23(17-8-4-6-10-20(17)28-25)18(14-27-24)16-7-3-5-9-19(16)26/h3-13,18,24,27-28H,14H2,1-2H3/t18-,24+/m0/s1. The van der Waals surface area contributed by atoms with Crippen LogP contribution in [0.15, 0.2) is 66.7 Å². The van der Waals surface area contributed by atoms with Gasteiger partial charge in [-0.05, 0) is 41.0 Å². The van der Waals surface area contributed by atoms with Crippen molar-refractivity contribution in [2.75, 3.05) is 20.8 Å². The van der Waals surface area contributed by atoms with Crippen LogP contribution >= 0.6 is 11.6 Å². The molecule has 0 unspecified atom stereocenters. The first-order chi connectivity index (χ1) is 14.7. The van der Waals surface area contributed by atoms with Gasteiger partial charge in [-0.1, -0.05) is 54.1 Å². The van der Waals surface area contributed by atoms with Crippen molar-refractivity contribution < 1.29 is 9.47 Å². The quantitative estimate of drug-likeness (QED) is 0.449. The van der Waals surface area contributed by atoms with Gasteiger partial charge in [0.1, 0.15) is 0 Å². The predicted octanol–water partition coefficient (Wildman–Crippen LogP) is 5.66. The van der Waals surface area contributed by atoms with Crippen molar-refractivity contribution in [1.29, 1.82) is 0 Å². The second-order valence-electron chi connectivity index (χ2n) is 7.53. The first-order valence-corrected chi connectivity index (χ1v) is 10.4. The van der Waals surface area contributed by atoms with Crippen molar-refractivity contribution in [3.63, 3.8) is 0 Å². The van der Waals surface area contributed by atoms with Crippen molar-refractivity contribution >= 4 is 22.5 Å². The Morgan fingerprint density at radius 1 is 0.900 bits per heavy atom. The van der Waals surface area contributed by atoms with Crippen LogP contribution in [0.2, 0.25) is 5.02 Å². The van der Waals surface area contributed by atoms with Gasteiger partial charge in [0.2, 0.25) is 0 Å². The highest BCUT2D eigenvalue weighted by atomic mass is 35.5. The minimum Gasteiger partial charge on any atom is -0.493 e. The first-order valence-electron chi connectivity index (χ1n) is 10.0. The molecule has 5 heteroatoms. The molecule has 4 aromatic rings. The third-order valence-corrected chi connectivity index (χ3v) is 6.31. The van der Waals surface area contributed by atoms with E-state index in [1.165, 1.54) is 16.6 Å². The number of halogens is 1. The summed E-state index contributed by atoms with van der Waals surface area (Å²) in [5.41, 5.74) is 5.87. The van der Waals surface area contributed by atoms with Crippen LogP contribution in [0.5, 0.6) is 11.5 Å². The van der Waals surface area contributed by atoms with Gasteiger partial charge in [-0.25, -0.2) is 0 Å². The average Bonchev–Trinajstić information content (AvgIpc) is 3.18. The van der Waals surface area contributed by atoms with E-state index < -0.39 is 0 Å². The van der Waals surface area contributed by atoms with Crippen LogP contribution in [0.1, 0.15) is 34.3 Å². The number of methoxy groups -OCH3 is 2. The SMILES string of the molecule is COc1ccc([C@H]2NC[C@@H](c3ccccc3Cl)c3c2[nH]c2ccccc32)cc1OC. The highest BCUT2D eigenvalue weighted by Crippen LogP contribution is 2.44. The van der Waals surface area contributed by atoms with Crippen LogP contribution in [-0.4, -0.2) is 25.7 Å². The molecule has 2 N–H and O–H groups in total. The number of benzene rings is 3. The van der Waals surface area contributed by atoms with Gasteiger partial charge in [-0.2, -0.15) is 0 Å². The van der Waals surface area contributed by atoms with E-state index in [2.05, 4.69) is 52.8 Å². The molecule has 5 rings (SSSR count). The van der Waals surface area contributed by atoms with Gasteiger partial charge in [0, 0.05) is 34.1 Å². The van der Waals surface area contributed by atoms with E-state index in [0.29, 0.717) is 0 Å². The van der Waals surface area contributed by atoms with Crippen LogP contribution in [0, 0.1) is 0 Å². The van der Waals surface area contributed by atoms with Crippen LogP contribution in [-0.2, 0) is 0 Å². The molecular weight excluding hydrogens is 396 g/mol. The molecule has 1 aliphatic rings. The zero-order chi connectivity index (χ0) is 20.7. The number of aromatic amines is 1. The molecule has 152 valence electrons. The van der Waals surface area contributed by atoms with Crippen LogP contribution < -0.4 is 14.8 Å². The average molecular weight is 419 g/mol. The molecule has 0 bridgehead atoms. The van der Waals surface area contributed by atoms with Gasteiger partial charge >= 0.3 is 0 Å². The fraction of sp³-hybridized carbons (Fsp3) is 0.200. The Hall–Kier alpha value is -2.95. The Labute approximate surface area is 180 Å². The summed E-state index contributed by atoms with van der Waals surface area (Å²) in [7, 11) is 3.32. The summed E-state index contributed by atoms with van der Waals surface area (Å²) in [6.07, 6.45) is 0. The molecule has 0 saturated carbocycles. The first kappa shape index (κ1) is 19.0. The topological polar surface area (TPSA) is 46.3 Å². The summed E-state index contributed by atoms with van der Waals surface area (Å²) in [4.78, 5) is 3.67. The Morgan fingerprint density at radius 2 is 1.67 bits per heavy atom. The Morgan fingerprint density at radius 3 is 2.47 bits per heavy atom. The molecule has 1 aliphatic heterocycles. The van der Waals surface area contributed by atoms with E-state index in [0.717, 1.165) is 39.7 Å². The van der Waals surface area contributed by atoms with Crippen molar-refractivity contribution in [3.8, 4) is 11.5 Å². The molecule has 1 aromatic heterocycles. The molecule has 0 saturated heterocycles. The van der Waals surface area contributed by atoms with Gasteiger partial charge in [-0.15, -0.1) is 0 Å². The molecule has 0 spiro atoms. The molecule has 0 radical (unpaired) electrons. The fourth-order valence-electron chi connectivity index (χ4n) is 4.57. The second kappa shape index (κ2) is 7.71. The number of ether oxygens (including phenoxy) is 2. The summed E-state index contributed by atoms with van der Waals surface area (Å²) in [5.74, 6) is 1.62. The highest BCUT2D eigenvalue weighted by Gasteiger charge is 2.33. The minimum absolute atomic E-state index is 0.0194. The molecule has 30 heavy (non-hydrogen) atoms. The summed E-state index contributed by atoms with van der Waals surface area (Å²) < 4.78 is 11.0. The molecule has 0 amide bonds. The number of fused-ring (bicyclic) bond motifs is 3. The number of H-pyrrole nitrogens is 1. The molecule has 2 heterocycles. The zero-order valence-corrected chi connectivity index (χ0v) is 17.7. The number of nitrogens with one attached hydrogen (secondary N) is 2. The van der Waals surface area contributed by atoms with E-state index in [4.69, 9.17) is 21.1 Å². The monoisotopic (exact) mass is 418 g/mol. The minimum atomic E-state index is 0.0194. The summed E-state index contributed by atoms with van der Waals surface area (Å²) >= 11 is 6.60. The predicted molar refractivity (Wildman–Crippen MR) is 121 cm³/mol. The highest BCUT2D eigenvalue weighted by molar-refractivity contribution is 6.31. The largest absolute Gasteiger partial charge is 0.493 e. The van der Waals surface area contributed by atoms with Gasteiger partial charge in [-0.3, -0.25) is 0 Å². The van der Waals surface area contributed by atoms with E-state index in [1.54, 1.807) is 14.2 Å². The number of para-hydroxylation sites is 1. The van der Waals surface area contributed by atoms with E-state index in [1.807, 2.05) is 24.3 Å². The van der Waals surface area contributed by atoms with Gasteiger partial charge in [0.05, 0.1) is 20.3 Å². The second-order valence-corrected chi connectivity index (χ2v) is 7.93. The van der Waals surface area contributed by atoms with E-state index in [-0.39, 0.29) is 12.0 Å². The maximum Gasteiger partial charge on any atom is 0.161 e. The van der Waals surface area contributed by atoms with Crippen molar-refractivity contribution in [2.24, 2.45) is 0 Å². The Balaban J connectivity index is 1.68. The van der Waals surface area contributed by atoms with Crippen LogP contribution in [0.4, 0.5) is 0 Å². The Kier molecular flexibility index (Phi) is 4.89. The lowest BCUT2D eigenvalue weighted by Gasteiger charge is -2.32. The lowest BCUT2D eigenvalue weighted by molar-refractivity contribution is 0.354. The van der Waals surface area contributed by atoms with E-state index in [9.17, 15) is 0 Å². The van der Waals surface area contributed by atoms with Crippen molar-refractivity contribution in [3.05, 3.63) is 94.1 Å². The third kappa shape index (κ3) is 3.04. The number of rotatable bonds is 4. The number of aromatic nitrogens is 1. The molecule has 4 nitrogen and oxygen atoms in total. The summed E-state index contributed by atoms with van der Waals surface area (Å²) in [6, 6.07) is 22.7. The zero-order valence-electron chi connectivity index (χ0n) is 16.9. The summed E-state index contributed by atoms with van der Waals surface area (Å²) in [5, 5.41) is 5.77. The summed E-state index contributed by atoms with van der Waals surface area (Å²) in [6.45, 7) is 0.789. The number of hydrogen-bond donors (Lipinski definition) is 2. The fourth-order valence-corrected chi connectivity index (χ4v) is 4.83. The Bertz CT molecular complexity index is 1220. The maximum atomic E-state index is 6.60. The van der Waals surface area contributed by atoms with Crippen molar-refractivity contribution in [1.82, 2.24) is 10.3 Å². The van der Waals surface area contributed by atoms with Gasteiger partial charge in [0.25, 0.3) is 0 Å². The third-order valence-electron chi connectivity index (χ3n) is 5.96. The smallest absolute Gasteiger partial charge is 0.161 e. The normalized spacial score (nSPS) is 18.2. The molecular formula is C25H23ClN2O2. The van der Waals surface area contributed by atoms with Crippen LogP contribution in [0.25, 0.3) is 10.9 Å². The molecule has 3 aromatic carbocycles.